The van der Waals surface area contributed by atoms with Crippen molar-refractivity contribution in [3.05, 3.63) is 95.0 Å². The first kappa shape index (κ1) is 27.6. The first-order chi connectivity index (χ1) is 18.0. The molecule has 0 saturated carbocycles. The summed E-state index contributed by atoms with van der Waals surface area (Å²) in [5.74, 6) is -4.52. The van der Waals surface area contributed by atoms with Gasteiger partial charge in [-0.2, -0.15) is 8.78 Å². The van der Waals surface area contributed by atoms with Gasteiger partial charge in [-0.15, -0.1) is 0 Å². The van der Waals surface area contributed by atoms with E-state index < -0.39 is 40.1 Å². The van der Waals surface area contributed by atoms with Crippen molar-refractivity contribution in [2.45, 2.75) is 36.1 Å². The highest BCUT2D eigenvalue weighted by atomic mass is 35.5. The standard InChI is InChI=1S/C27H24ClF2NO6S/c1-2-27(29,30)20-15-17(13-14-24(20)37-25-11-4-3-9-21(25)28)38(34,35)31-22-10-5-8-19-18(22)7-6-12-23(19)36-16-26(32)33/h2-4,6-7,9,11-15,22,31H,1,5,8,10,16H2,(H,32,33)/t22-/m1/s1. The molecular weight excluding hydrogens is 540 g/mol. The number of rotatable bonds is 10. The number of hydrogen-bond acceptors (Lipinski definition) is 5. The van der Waals surface area contributed by atoms with Crippen LogP contribution in [0.25, 0.3) is 0 Å². The first-order valence-electron chi connectivity index (χ1n) is 11.6. The lowest BCUT2D eigenvalue weighted by Gasteiger charge is -2.28. The number of carboxylic acid groups (broad SMARTS) is 1. The van der Waals surface area contributed by atoms with E-state index in [-0.39, 0.29) is 21.4 Å². The van der Waals surface area contributed by atoms with Crippen LogP contribution in [0.15, 0.2) is 78.2 Å². The fourth-order valence-corrected chi connectivity index (χ4v) is 5.70. The second kappa shape index (κ2) is 11.1. The van der Waals surface area contributed by atoms with Gasteiger partial charge >= 0.3 is 5.97 Å². The van der Waals surface area contributed by atoms with E-state index >= 15 is 0 Å². The van der Waals surface area contributed by atoms with Gasteiger partial charge in [0, 0.05) is 6.04 Å². The molecule has 3 aromatic carbocycles. The van der Waals surface area contributed by atoms with Gasteiger partial charge in [0.25, 0.3) is 5.92 Å². The molecule has 11 heteroatoms. The molecular formula is C27H24ClF2NO6S. The van der Waals surface area contributed by atoms with Crippen molar-refractivity contribution in [1.82, 2.24) is 4.72 Å². The lowest BCUT2D eigenvalue weighted by Crippen LogP contribution is -2.31. The molecule has 1 aliphatic carbocycles. The van der Waals surface area contributed by atoms with Gasteiger partial charge in [-0.3, -0.25) is 0 Å². The maximum absolute atomic E-state index is 14.8. The molecule has 0 aliphatic heterocycles. The maximum Gasteiger partial charge on any atom is 0.341 e. The van der Waals surface area contributed by atoms with Crippen molar-refractivity contribution in [1.29, 1.82) is 0 Å². The topological polar surface area (TPSA) is 102 Å². The molecule has 0 aromatic heterocycles. The summed E-state index contributed by atoms with van der Waals surface area (Å²) in [4.78, 5) is 10.5. The smallest absolute Gasteiger partial charge is 0.341 e. The van der Waals surface area contributed by atoms with Crippen molar-refractivity contribution < 1.29 is 36.6 Å². The van der Waals surface area contributed by atoms with E-state index in [0.717, 1.165) is 12.1 Å². The number of halogens is 3. The van der Waals surface area contributed by atoms with Crippen LogP contribution in [0.1, 0.15) is 35.6 Å². The Hall–Kier alpha value is -3.47. The second-order valence-electron chi connectivity index (χ2n) is 8.59. The summed E-state index contributed by atoms with van der Waals surface area (Å²) in [6.07, 6.45) is 2.05. The number of hydrogen-bond donors (Lipinski definition) is 2. The van der Waals surface area contributed by atoms with Crippen LogP contribution < -0.4 is 14.2 Å². The SMILES string of the molecule is C=CC(F)(F)c1cc(S(=O)(=O)N[C@@H]2CCCc3c(OCC(=O)O)cccc32)ccc1Oc1ccccc1Cl. The molecule has 38 heavy (non-hydrogen) atoms. The summed E-state index contributed by atoms with van der Waals surface area (Å²) in [6, 6.07) is 13.8. The number of sulfonamides is 1. The maximum atomic E-state index is 14.8. The molecule has 1 aliphatic rings. The van der Waals surface area contributed by atoms with Gasteiger partial charge in [-0.1, -0.05) is 42.4 Å². The summed E-state index contributed by atoms with van der Waals surface area (Å²) in [7, 11) is -4.26. The molecule has 0 amide bonds. The van der Waals surface area contributed by atoms with E-state index in [1.54, 1.807) is 30.3 Å². The number of aliphatic carboxylic acids is 1. The molecule has 0 spiro atoms. The third kappa shape index (κ3) is 5.98. The van der Waals surface area contributed by atoms with Crippen LogP contribution in [0, 0.1) is 0 Å². The van der Waals surface area contributed by atoms with Gasteiger partial charge in [0.2, 0.25) is 10.0 Å². The number of nitrogens with one attached hydrogen (secondary N) is 1. The van der Waals surface area contributed by atoms with E-state index in [0.29, 0.717) is 42.2 Å². The number of carbonyl (C=O) groups is 1. The van der Waals surface area contributed by atoms with Gasteiger partial charge in [-0.25, -0.2) is 17.9 Å². The number of carboxylic acids is 1. The lowest BCUT2D eigenvalue weighted by atomic mass is 9.87. The Kier molecular flexibility index (Phi) is 8.05. The van der Waals surface area contributed by atoms with Crippen LogP contribution in [-0.2, 0) is 27.2 Å². The predicted molar refractivity (Wildman–Crippen MR) is 138 cm³/mol. The van der Waals surface area contributed by atoms with Gasteiger partial charge < -0.3 is 14.6 Å². The number of allylic oxidation sites excluding steroid dienone is 1. The summed E-state index contributed by atoms with van der Waals surface area (Å²) in [5.41, 5.74) is 0.650. The fourth-order valence-electron chi connectivity index (χ4n) is 4.25. The molecule has 1 atom stereocenters. The molecule has 2 N–H and O–H groups in total. The highest BCUT2D eigenvalue weighted by Gasteiger charge is 2.34. The molecule has 0 heterocycles. The van der Waals surface area contributed by atoms with E-state index in [9.17, 15) is 22.0 Å². The van der Waals surface area contributed by atoms with Crippen molar-refractivity contribution >= 4 is 27.6 Å². The number of ether oxygens (including phenoxy) is 2. The molecule has 0 bridgehead atoms. The third-order valence-electron chi connectivity index (χ3n) is 6.05. The minimum atomic E-state index is -4.26. The van der Waals surface area contributed by atoms with Crippen LogP contribution in [-0.4, -0.2) is 26.1 Å². The van der Waals surface area contributed by atoms with Crippen LogP contribution in [0.3, 0.4) is 0 Å². The van der Waals surface area contributed by atoms with Crippen molar-refractivity contribution in [3.63, 3.8) is 0 Å². The highest BCUT2D eigenvalue weighted by molar-refractivity contribution is 7.89. The summed E-state index contributed by atoms with van der Waals surface area (Å²) >= 11 is 6.10. The average Bonchev–Trinajstić information content (AvgIpc) is 2.89. The first-order valence-corrected chi connectivity index (χ1v) is 13.4. The van der Waals surface area contributed by atoms with E-state index in [4.69, 9.17) is 26.2 Å². The Morgan fingerprint density at radius 3 is 2.58 bits per heavy atom. The molecule has 7 nitrogen and oxygen atoms in total. The van der Waals surface area contributed by atoms with Crippen LogP contribution in [0.2, 0.25) is 5.02 Å². The Morgan fingerprint density at radius 1 is 1.13 bits per heavy atom. The zero-order valence-electron chi connectivity index (χ0n) is 20.0. The van der Waals surface area contributed by atoms with Gasteiger partial charge in [0.05, 0.1) is 15.5 Å². The fraction of sp³-hybridized carbons (Fsp3) is 0.222. The molecule has 0 saturated heterocycles. The largest absolute Gasteiger partial charge is 0.482 e. The monoisotopic (exact) mass is 563 g/mol. The highest BCUT2D eigenvalue weighted by Crippen LogP contribution is 2.41. The zero-order valence-corrected chi connectivity index (χ0v) is 21.6. The molecule has 0 unspecified atom stereocenters. The van der Waals surface area contributed by atoms with Gasteiger partial charge in [0.1, 0.15) is 17.2 Å². The van der Waals surface area contributed by atoms with Crippen molar-refractivity contribution in [2.24, 2.45) is 0 Å². The van der Waals surface area contributed by atoms with E-state index in [1.165, 1.54) is 18.2 Å². The number of benzene rings is 3. The van der Waals surface area contributed by atoms with E-state index in [2.05, 4.69) is 11.3 Å². The number of para-hydroxylation sites is 1. The van der Waals surface area contributed by atoms with Gasteiger partial charge in [0.15, 0.2) is 6.61 Å². The molecule has 4 rings (SSSR count). The van der Waals surface area contributed by atoms with Crippen molar-refractivity contribution in [2.75, 3.05) is 6.61 Å². The number of fused-ring (bicyclic) bond motifs is 1. The molecule has 3 aromatic rings. The number of alkyl halides is 2. The quantitative estimate of drug-likeness (QED) is 0.284. The Balaban J connectivity index is 1.67. The van der Waals surface area contributed by atoms with Gasteiger partial charge in [-0.05, 0) is 72.9 Å². The zero-order chi connectivity index (χ0) is 27.5. The van der Waals surface area contributed by atoms with Crippen LogP contribution >= 0.6 is 11.6 Å². The molecule has 200 valence electrons. The minimum Gasteiger partial charge on any atom is -0.482 e. The third-order valence-corrected chi connectivity index (χ3v) is 7.83. The van der Waals surface area contributed by atoms with Crippen LogP contribution in [0.4, 0.5) is 8.78 Å². The molecule has 0 fully saturated rings. The summed E-state index contributed by atoms with van der Waals surface area (Å²) in [5, 5.41) is 9.13. The molecule has 0 radical (unpaired) electrons. The Bertz CT molecular complexity index is 1480. The minimum absolute atomic E-state index is 0.128. The Labute approximate surface area is 223 Å². The lowest BCUT2D eigenvalue weighted by molar-refractivity contribution is -0.139. The second-order valence-corrected chi connectivity index (χ2v) is 10.7. The average molecular weight is 564 g/mol. The van der Waals surface area contributed by atoms with Crippen molar-refractivity contribution in [3.8, 4) is 17.2 Å². The van der Waals surface area contributed by atoms with E-state index in [1.807, 2.05) is 0 Å². The summed E-state index contributed by atoms with van der Waals surface area (Å²) < 4.78 is 70.0. The normalized spacial score (nSPS) is 15.4. The Morgan fingerprint density at radius 2 is 1.87 bits per heavy atom. The van der Waals surface area contributed by atoms with Crippen LogP contribution in [0.5, 0.6) is 17.2 Å². The predicted octanol–water partition coefficient (Wildman–Crippen LogP) is 6.23. The summed E-state index contributed by atoms with van der Waals surface area (Å²) in [6.45, 7) is 2.64.